The fourth-order valence-electron chi connectivity index (χ4n) is 4.45. The number of carbonyl (C=O) groups is 5. The smallest absolute Gasteiger partial charge is 0.407 e. The van der Waals surface area contributed by atoms with E-state index in [9.17, 15) is 24.0 Å². The first-order chi connectivity index (χ1) is 19.7. The topological polar surface area (TPSA) is 139 Å². The molecule has 2 atom stereocenters. The van der Waals surface area contributed by atoms with Crippen molar-refractivity contribution < 1.29 is 28.7 Å². The fourth-order valence-corrected chi connectivity index (χ4v) is 4.45. The Labute approximate surface area is 266 Å². The normalized spacial score (nSPS) is 16.0. The lowest BCUT2D eigenvalue weighted by atomic mass is 9.86. The SMILES string of the molecule is CC(C)(C)OC(=O)N[C@H](CN1C(=O)c2ccccc2C1=O)C(C)(C)C.CC(C)(C)[C@H](N)CN1C(=O)c2ccccc2C1=O.Cl. The summed E-state index contributed by atoms with van der Waals surface area (Å²) >= 11 is 0. The summed E-state index contributed by atoms with van der Waals surface area (Å²) in [5.74, 6) is -1.15. The Kier molecular flexibility index (Phi) is 11.2. The van der Waals surface area contributed by atoms with E-state index in [1.807, 2.05) is 41.5 Å². The highest BCUT2D eigenvalue weighted by Crippen LogP contribution is 2.28. The number of fused-ring (bicyclic) bond motifs is 2. The van der Waals surface area contributed by atoms with Gasteiger partial charge in [-0.3, -0.25) is 29.0 Å². The van der Waals surface area contributed by atoms with Crippen molar-refractivity contribution in [3.8, 4) is 0 Å². The van der Waals surface area contributed by atoms with Crippen LogP contribution in [0.4, 0.5) is 4.79 Å². The molecule has 0 radical (unpaired) electrons. The number of rotatable bonds is 5. The first kappa shape index (κ1) is 36.4. The third-order valence-corrected chi connectivity index (χ3v) is 7.35. The quantitative estimate of drug-likeness (QED) is 0.428. The van der Waals surface area contributed by atoms with Crippen LogP contribution in [0.15, 0.2) is 48.5 Å². The van der Waals surface area contributed by atoms with E-state index in [-0.39, 0.29) is 66.0 Å². The average Bonchev–Trinajstić information content (AvgIpc) is 3.27. The molecule has 10 nitrogen and oxygen atoms in total. The summed E-state index contributed by atoms with van der Waals surface area (Å²) in [5.41, 5.74) is 6.66. The predicted octanol–water partition coefficient (Wildman–Crippen LogP) is 5.30. The molecule has 0 saturated heterocycles. The second-order valence-electron chi connectivity index (χ2n) is 14.1. The van der Waals surface area contributed by atoms with Gasteiger partial charge in [0.25, 0.3) is 23.6 Å². The van der Waals surface area contributed by atoms with Crippen molar-refractivity contribution in [1.82, 2.24) is 15.1 Å². The maximum Gasteiger partial charge on any atom is 0.407 e. The summed E-state index contributed by atoms with van der Waals surface area (Å²) in [6, 6.07) is 12.9. The number of carbonyl (C=O) groups excluding carboxylic acids is 5. The van der Waals surface area contributed by atoms with E-state index in [1.54, 1.807) is 69.3 Å². The number of nitrogens with zero attached hydrogens (tertiary/aromatic N) is 2. The maximum absolute atomic E-state index is 12.5. The van der Waals surface area contributed by atoms with E-state index in [2.05, 4.69) is 5.32 Å². The van der Waals surface area contributed by atoms with Gasteiger partial charge in [-0.25, -0.2) is 4.79 Å². The van der Waals surface area contributed by atoms with Gasteiger partial charge in [0, 0.05) is 12.6 Å². The Hall–Kier alpha value is -3.76. The Morgan fingerprint density at radius 1 is 0.682 bits per heavy atom. The number of imide groups is 2. The van der Waals surface area contributed by atoms with Gasteiger partial charge in [-0.15, -0.1) is 12.4 Å². The summed E-state index contributed by atoms with van der Waals surface area (Å²) < 4.78 is 5.30. The molecule has 0 fully saturated rings. The van der Waals surface area contributed by atoms with Gasteiger partial charge in [0.05, 0.1) is 34.8 Å². The number of nitrogens with one attached hydrogen (secondary N) is 1. The lowest BCUT2D eigenvalue weighted by Gasteiger charge is -2.34. The largest absolute Gasteiger partial charge is 0.444 e. The third kappa shape index (κ3) is 8.45. The Morgan fingerprint density at radius 2 is 1.02 bits per heavy atom. The third-order valence-electron chi connectivity index (χ3n) is 7.35. The predicted molar refractivity (Wildman–Crippen MR) is 171 cm³/mol. The lowest BCUT2D eigenvalue weighted by Crippen LogP contribution is -2.52. The molecule has 11 heteroatoms. The van der Waals surface area contributed by atoms with Gasteiger partial charge in [0.1, 0.15) is 5.60 Å². The molecule has 2 heterocycles. The minimum absolute atomic E-state index is 0. The van der Waals surface area contributed by atoms with Crippen LogP contribution in [0.1, 0.15) is 104 Å². The molecule has 0 aromatic heterocycles. The van der Waals surface area contributed by atoms with Gasteiger partial charge < -0.3 is 15.8 Å². The van der Waals surface area contributed by atoms with Gasteiger partial charge in [0.2, 0.25) is 0 Å². The number of amides is 5. The first-order valence-electron chi connectivity index (χ1n) is 14.4. The van der Waals surface area contributed by atoms with Gasteiger partial charge in [0.15, 0.2) is 0 Å². The van der Waals surface area contributed by atoms with Crippen LogP contribution in [0.5, 0.6) is 0 Å². The minimum atomic E-state index is -0.623. The van der Waals surface area contributed by atoms with Crippen LogP contribution < -0.4 is 11.1 Å². The first-order valence-corrected chi connectivity index (χ1v) is 14.4. The lowest BCUT2D eigenvalue weighted by molar-refractivity contribution is 0.0410. The highest BCUT2D eigenvalue weighted by atomic mass is 35.5. The van der Waals surface area contributed by atoms with Crippen molar-refractivity contribution >= 4 is 42.1 Å². The van der Waals surface area contributed by atoms with Crippen LogP contribution in [-0.4, -0.2) is 70.3 Å². The van der Waals surface area contributed by atoms with Crippen molar-refractivity contribution in [3.63, 3.8) is 0 Å². The summed E-state index contributed by atoms with van der Waals surface area (Å²) in [5, 5.41) is 2.80. The Bertz CT molecular complexity index is 1350. The molecule has 2 aliphatic heterocycles. The highest BCUT2D eigenvalue weighted by molar-refractivity contribution is 6.22. The fraction of sp³-hybridized carbons (Fsp3) is 0.485. The second kappa shape index (κ2) is 13.5. The molecular formula is C33H45ClN4O6. The molecule has 240 valence electrons. The molecule has 0 aliphatic carbocycles. The molecule has 0 bridgehead atoms. The van der Waals surface area contributed by atoms with Crippen molar-refractivity contribution in [2.75, 3.05) is 13.1 Å². The molecule has 3 N–H and O–H groups in total. The number of ether oxygens (including phenoxy) is 1. The van der Waals surface area contributed by atoms with Crippen molar-refractivity contribution in [1.29, 1.82) is 0 Å². The minimum Gasteiger partial charge on any atom is -0.444 e. The van der Waals surface area contributed by atoms with Crippen LogP contribution in [0, 0.1) is 10.8 Å². The van der Waals surface area contributed by atoms with Gasteiger partial charge in [-0.1, -0.05) is 65.8 Å². The molecule has 2 aliphatic rings. The molecule has 0 saturated carbocycles. The summed E-state index contributed by atoms with van der Waals surface area (Å²) in [6.45, 7) is 17.5. The maximum atomic E-state index is 12.5. The molecule has 0 unspecified atom stereocenters. The second-order valence-corrected chi connectivity index (χ2v) is 14.1. The zero-order chi connectivity index (χ0) is 32.5. The number of benzene rings is 2. The summed E-state index contributed by atoms with van der Waals surface area (Å²) in [6.07, 6.45) is -0.566. The monoisotopic (exact) mass is 628 g/mol. The number of hydrogen-bond donors (Lipinski definition) is 2. The number of alkyl carbamates (subject to hydrolysis) is 1. The summed E-state index contributed by atoms with van der Waals surface area (Å²) in [4.78, 5) is 63.9. The molecule has 2 aromatic rings. The molecule has 2 aromatic carbocycles. The van der Waals surface area contributed by atoms with Gasteiger partial charge in [-0.05, 0) is 55.9 Å². The molecule has 5 amide bonds. The van der Waals surface area contributed by atoms with Crippen molar-refractivity contribution in [3.05, 3.63) is 70.8 Å². The van der Waals surface area contributed by atoms with E-state index >= 15 is 0 Å². The molecular weight excluding hydrogens is 584 g/mol. The van der Waals surface area contributed by atoms with Gasteiger partial charge >= 0.3 is 6.09 Å². The summed E-state index contributed by atoms with van der Waals surface area (Å²) in [7, 11) is 0. The van der Waals surface area contributed by atoms with E-state index < -0.39 is 17.7 Å². The van der Waals surface area contributed by atoms with E-state index in [0.717, 1.165) is 0 Å². The van der Waals surface area contributed by atoms with Crippen LogP contribution >= 0.6 is 12.4 Å². The Morgan fingerprint density at radius 3 is 1.32 bits per heavy atom. The van der Waals surface area contributed by atoms with Crippen LogP contribution in [0.3, 0.4) is 0 Å². The number of nitrogens with two attached hydrogens (primary N) is 1. The highest BCUT2D eigenvalue weighted by Gasteiger charge is 2.40. The number of halogens is 1. The van der Waals surface area contributed by atoms with E-state index in [1.165, 1.54) is 9.80 Å². The van der Waals surface area contributed by atoms with E-state index in [0.29, 0.717) is 22.3 Å². The Balaban J connectivity index is 0.000000315. The van der Waals surface area contributed by atoms with E-state index in [4.69, 9.17) is 10.5 Å². The average molecular weight is 629 g/mol. The van der Waals surface area contributed by atoms with Crippen LogP contribution in [0.25, 0.3) is 0 Å². The zero-order valence-electron chi connectivity index (χ0n) is 27.0. The van der Waals surface area contributed by atoms with Crippen LogP contribution in [-0.2, 0) is 4.74 Å². The molecule has 0 spiro atoms. The zero-order valence-corrected chi connectivity index (χ0v) is 27.8. The van der Waals surface area contributed by atoms with Crippen LogP contribution in [0.2, 0.25) is 0 Å². The number of hydrogen-bond acceptors (Lipinski definition) is 7. The van der Waals surface area contributed by atoms with Crippen molar-refractivity contribution in [2.24, 2.45) is 16.6 Å². The molecule has 4 rings (SSSR count). The molecule has 44 heavy (non-hydrogen) atoms. The van der Waals surface area contributed by atoms with Gasteiger partial charge in [-0.2, -0.15) is 0 Å². The standard InChI is InChI=1S/C19H26N2O4.C14H18N2O2.ClH/c1-18(2,3)14(20-17(24)25-19(4,5)6)11-21-15(22)12-9-7-8-10-13(12)16(21)23;1-14(2,3)11(15)8-16-12(17)9-6-4-5-7-10(9)13(16)18;/h7-10,14H,11H2,1-6H3,(H,20,24);4-7,11H,8,15H2,1-3H3;1H/t14-;11-;/m11./s1. The van der Waals surface area contributed by atoms with Crippen molar-refractivity contribution in [2.45, 2.75) is 80.0 Å².